The van der Waals surface area contributed by atoms with Crippen LogP contribution in [0.25, 0.3) is 0 Å². The molecule has 4 nitrogen and oxygen atoms in total. The van der Waals surface area contributed by atoms with E-state index in [0.29, 0.717) is 24.0 Å². The average Bonchev–Trinajstić information content (AvgIpc) is 2.69. The molecule has 1 heterocycles. The second-order valence-corrected chi connectivity index (χ2v) is 8.10. The fourth-order valence-electron chi connectivity index (χ4n) is 1.62. The van der Waals surface area contributed by atoms with Crippen LogP contribution in [0, 0.1) is 6.92 Å². The molecule has 0 spiro atoms. The molecule has 0 saturated carbocycles. The molecule has 1 N–H and O–H groups in total. The summed E-state index contributed by atoms with van der Waals surface area (Å²) < 4.78 is 26.0. The Hall–Kier alpha value is -0.690. The maximum Gasteiger partial charge on any atom is 0.244 e. The van der Waals surface area contributed by atoms with Crippen molar-refractivity contribution in [1.29, 1.82) is 0 Å². The first-order chi connectivity index (χ1) is 8.78. The summed E-state index contributed by atoms with van der Waals surface area (Å²) in [5.74, 6) is 0. The van der Waals surface area contributed by atoms with Gasteiger partial charge in [0.15, 0.2) is 0 Å². The van der Waals surface area contributed by atoms with Crippen molar-refractivity contribution in [3.63, 3.8) is 0 Å². The molecule has 0 bridgehead atoms. The lowest BCUT2D eigenvalue weighted by Gasteiger charge is -2.14. The smallest absolute Gasteiger partial charge is 0.244 e. The molecule has 0 aliphatic heterocycles. The third kappa shape index (κ3) is 4.14. The second-order valence-electron chi connectivity index (χ2n) is 4.74. The fraction of sp³-hybridized carbons (Fsp3) is 0.538. The van der Waals surface area contributed by atoms with Crippen molar-refractivity contribution in [1.82, 2.24) is 9.62 Å². The van der Waals surface area contributed by atoms with Crippen LogP contribution >= 0.6 is 11.3 Å². The lowest BCUT2D eigenvalue weighted by molar-refractivity contribution is 0.499. The van der Waals surface area contributed by atoms with Gasteiger partial charge in [-0.15, -0.1) is 17.9 Å². The number of thiophene rings is 1. The van der Waals surface area contributed by atoms with Crippen molar-refractivity contribution in [2.75, 3.05) is 13.6 Å². The van der Waals surface area contributed by atoms with Crippen molar-refractivity contribution in [2.45, 2.75) is 38.3 Å². The number of aryl methyl sites for hydroxylation is 1. The van der Waals surface area contributed by atoms with E-state index in [1.54, 1.807) is 19.2 Å². The number of hydrogen-bond acceptors (Lipinski definition) is 4. The highest BCUT2D eigenvalue weighted by molar-refractivity contribution is 7.89. The highest BCUT2D eigenvalue weighted by Crippen LogP contribution is 2.27. The van der Waals surface area contributed by atoms with Gasteiger partial charge in [0.25, 0.3) is 0 Å². The first kappa shape index (κ1) is 16.4. The van der Waals surface area contributed by atoms with Gasteiger partial charge in [-0.1, -0.05) is 19.9 Å². The zero-order chi connectivity index (χ0) is 14.6. The molecular formula is C13H22N2O2S2. The first-order valence-electron chi connectivity index (χ1n) is 6.19. The van der Waals surface area contributed by atoms with E-state index in [1.807, 2.05) is 6.92 Å². The molecule has 6 heteroatoms. The van der Waals surface area contributed by atoms with Gasteiger partial charge in [0, 0.05) is 35.9 Å². The first-order valence-corrected chi connectivity index (χ1v) is 8.44. The summed E-state index contributed by atoms with van der Waals surface area (Å²) in [4.78, 5) is 2.27. The predicted molar refractivity (Wildman–Crippen MR) is 81.0 cm³/mol. The molecule has 0 saturated heterocycles. The molecule has 0 aliphatic carbocycles. The van der Waals surface area contributed by atoms with E-state index in [0.717, 1.165) is 9.75 Å². The molecule has 0 amide bonds. The number of hydrogen-bond donors (Lipinski definition) is 1. The Morgan fingerprint density at radius 3 is 2.68 bits per heavy atom. The number of rotatable bonds is 7. The van der Waals surface area contributed by atoms with Crippen molar-refractivity contribution < 1.29 is 8.42 Å². The molecule has 1 aromatic rings. The highest BCUT2D eigenvalue weighted by atomic mass is 32.2. The highest BCUT2D eigenvalue weighted by Gasteiger charge is 2.24. The number of sulfonamides is 1. The molecule has 0 fully saturated rings. The third-order valence-corrected chi connectivity index (χ3v) is 5.81. The van der Waals surface area contributed by atoms with Gasteiger partial charge in [-0.25, -0.2) is 8.42 Å². The van der Waals surface area contributed by atoms with Gasteiger partial charge in [-0.2, -0.15) is 4.31 Å². The largest absolute Gasteiger partial charge is 0.310 e. The summed E-state index contributed by atoms with van der Waals surface area (Å²) in [7, 11) is -1.84. The number of nitrogens with zero attached hydrogens (tertiary/aromatic N) is 1. The predicted octanol–water partition coefficient (Wildman–Crippen LogP) is 2.36. The molecule has 0 unspecified atom stereocenters. The molecular weight excluding hydrogens is 280 g/mol. The number of nitrogens with one attached hydrogen (secondary N) is 1. The summed E-state index contributed by atoms with van der Waals surface area (Å²) in [6, 6.07) is 2.15. The van der Waals surface area contributed by atoms with Crippen molar-refractivity contribution in [2.24, 2.45) is 0 Å². The van der Waals surface area contributed by atoms with E-state index >= 15 is 0 Å². The van der Waals surface area contributed by atoms with Gasteiger partial charge in [0.2, 0.25) is 10.0 Å². The summed E-state index contributed by atoms with van der Waals surface area (Å²) >= 11 is 1.52. The minimum absolute atomic E-state index is 0.317. The van der Waals surface area contributed by atoms with Crippen LogP contribution in [-0.2, 0) is 16.6 Å². The summed E-state index contributed by atoms with van der Waals surface area (Å²) in [6.45, 7) is 10.6. The van der Waals surface area contributed by atoms with Crippen LogP contribution in [0.5, 0.6) is 0 Å². The maximum atomic E-state index is 12.4. The van der Waals surface area contributed by atoms with Crippen LogP contribution in [0.15, 0.2) is 23.6 Å². The Labute approximate surface area is 120 Å². The van der Waals surface area contributed by atoms with Crippen LogP contribution in [0.2, 0.25) is 0 Å². The van der Waals surface area contributed by atoms with Crippen LogP contribution in [-0.4, -0.2) is 32.4 Å². The van der Waals surface area contributed by atoms with Gasteiger partial charge in [-0.05, 0) is 13.0 Å². The van der Waals surface area contributed by atoms with E-state index in [1.165, 1.54) is 15.6 Å². The normalized spacial score (nSPS) is 12.3. The van der Waals surface area contributed by atoms with Gasteiger partial charge in [0.1, 0.15) is 0 Å². The van der Waals surface area contributed by atoms with E-state index in [4.69, 9.17) is 0 Å². The Morgan fingerprint density at radius 2 is 2.16 bits per heavy atom. The maximum absolute atomic E-state index is 12.4. The van der Waals surface area contributed by atoms with Gasteiger partial charge < -0.3 is 5.32 Å². The van der Waals surface area contributed by atoms with E-state index in [2.05, 4.69) is 25.7 Å². The van der Waals surface area contributed by atoms with Crippen LogP contribution in [0.4, 0.5) is 0 Å². The van der Waals surface area contributed by atoms with Crippen LogP contribution in [0.1, 0.15) is 23.6 Å². The Morgan fingerprint density at radius 1 is 1.53 bits per heavy atom. The average molecular weight is 302 g/mol. The fourth-order valence-corrected chi connectivity index (χ4v) is 4.31. The van der Waals surface area contributed by atoms with Gasteiger partial charge >= 0.3 is 0 Å². The molecule has 1 rings (SSSR count). The Kier molecular flexibility index (Phi) is 5.73. The minimum Gasteiger partial charge on any atom is -0.310 e. The Bertz CT molecular complexity index is 533. The van der Waals surface area contributed by atoms with Crippen LogP contribution < -0.4 is 5.32 Å². The molecule has 19 heavy (non-hydrogen) atoms. The topological polar surface area (TPSA) is 49.4 Å². The molecule has 0 aliphatic rings. The molecule has 0 radical (unpaired) electrons. The molecule has 1 aromatic heterocycles. The summed E-state index contributed by atoms with van der Waals surface area (Å²) in [5, 5.41) is 3.29. The van der Waals surface area contributed by atoms with E-state index in [9.17, 15) is 8.42 Å². The standard InChI is InChI=1S/C13H22N2O2S2/c1-6-7-15(5)19(16,17)13-8-12(18-11(13)4)9-14-10(2)3/h6,8,10,14H,1,7,9H2,2-5H3. The lowest BCUT2D eigenvalue weighted by atomic mass is 10.3. The quantitative estimate of drug-likeness (QED) is 0.787. The van der Waals surface area contributed by atoms with E-state index < -0.39 is 10.0 Å². The third-order valence-electron chi connectivity index (χ3n) is 2.68. The molecule has 0 atom stereocenters. The zero-order valence-corrected chi connectivity index (χ0v) is 13.6. The number of likely N-dealkylation sites (N-methyl/N-ethyl adjacent to an activating group) is 1. The van der Waals surface area contributed by atoms with Gasteiger partial charge in [0.05, 0.1) is 4.90 Å². The molecule has 0 aromatic carbocycles. The molecule has 108 valence electrons. The van der Waals surface area contributed by atoms with E-state index in [-0.39, 0.29) is 0 Å². The lowest BCUT2D eigenvalue weighted by Crippen LogP contribution is -2.27. The second kappa shape index (κ2) is 6.65. The van der Waals surface area contributed by atoms with Crippen molar-refractivity contribution in [3.8, 4) is 0 Å². The van der Waals surface area contributed by atoms with Crippen molar-refractivity contribution >= 4 is 21.4 Å². The minimum atomic E-state index is -3.40. The monoisotopic (exact) mass is 302 g/mol. The van der Waals surface area contributed by atoms with Crippen molar-refractivity contribution in [3.05, 3.63) is 28.5 Å². The SMILES string of the molecule is C=CCN(C)S(=O)(=O)c1cc(CNC(C)C)sc1C. The van der Waals surface area contributed by atoms with Crippen LogP contribution in [0.3, 0.4) is 0 Å². The Balaban J connectivity index is 2.98. The summed E-state index contributed by atoms with van der Waals surface area (Å²) in [6.07, 6.45) is 1.58. The summed E-state index contributed by atoms with van der Waals surface area (Å²) in [5.41, 5.74) is 0. The zero-order valence-electron chi connectivity index (χ0n) is 11.9. The van der Waals surface area contributed by atoms with Gasteiger partial charge in [-0.3, -0.25) is 0 Å².